The summed E-state index contributed by atoms with van der Waals surface area (Å²) >= 11 is 3.40. The molecule has 0 fully saturated rings. The molecule has 1 unspecified atom stereocenters. The molecule has 0 N–H and O–H groups in total. The third kappa shape index (κ3) is 2.70. The molecule has 8 heteroatoms. The van der Waals surface area contributed by atoms with Gasteiger partial charge >= 0.3 is 0 Å². The summed E-state index contributed by atoms with van der Waals surface area (Å²) in [6.07, 6.45) is 5.19. The van der Waals surface area contributed by atoms with E-state index in [2.05, 4.69) is 26.0 Å². The summed E-state index contributed by atoms with van der Waals surface area (Å²) in [7, 11) is 3.22. The minimum Gasteiger partial charge on any atom is -0.493 e. The van der Waals surface area contributed by atoms with Crippen molar-refractivity contribution in [3.63, 3.8) is 0 Å². The second-order valence-corrected chi connectivity index (χ2v) is 6.96. The number of carbonyl (C=O) groups is 1. The molecule has 1 aliphatic heterocycles. The highest BCUT2D eigenvalue weighted by Crippen LogP contribution is 2.40. The van der Waals surface area contributed by atoms with E-state index in [9.17, 15) is 4.79 Å². The molecule has 0 spiro atoms. The van der Waals surface area contributed by atoms with E-state index in [-0.39, 0.29) is 6.04 Å². The van der Waals surface area contributed by atoms with Crippen molar-refractivity contribution < 1.29 is 14.3 Å². The number of nitrogens with zero attached hydrogens (tertiary/aromatic N) is 4. The van der Waals surface area contributed by atoms with Gasteiger partial charge in [0.1, 0.15) is 6.04 Å². The average molecular weight is 417 g/mol. The number of fused-ring (bicyclic) bond motifs is 2. The van der Waals surface area contributed by atoms with Gasteiger partial charge in [0.05, 0.1) is 24.4 Å². The Morgan fingerprint density at radius 3 is 2.73 bits per heavy atom. The van der Waals surface area contributed by atoms with Crippen LogP contribution in [0.3, 0.4) is 0 Å². The van der Waals surface area contributed by atoms with Gasteiger partial charge in [-0.1, -0.05) is 0 Å². The van der Waals surface area contributed by atoms with Crippen LogP contribution < -0.4 is 9.47 Å². The number of rotatable bonds is 4. The summed E-state index contributed by atoms with van der Waals surface area (Å²) < 4.78 is 13.4. The van der Waals surface area contributed by atoms with Crippen LogP contribution in [0.2, 0.25) is 0 Å². The first-order chi connectivity index (χ1) is 12.6. The highest BCUT2D eigenvalue weighted by atomic mass is 79.9. The van der Waals surface area contributed by atoms with Crippen molar-refractivity contribution in [1.29, 1.82) is 0 Å². The third-order valence-corrected chi connectivity index (χ3v) is 5.04. The Morgan fingerprint density at radius 1 is 1.23 bits per heavy atom. The molecule has 3 heterocycles. The fourth-order valence-corrected chi connectivity index (χ4v) is 3.71. The Morgan fingerprint density at radius 2 is 2.00 bits per heavy atom. The van der Waals surface area contributed by atoms with E-state index < -0.39 is 0 Å². The molecule has 0 radical (unpaired) electrons. The van der Waals surface area contributed by atoms with Crippen molar-refractivity contribution >= 4 is 28.0 Å². The highest BCUT2D eigenvalue weighted by Gasteiger charge is 2.31. The number of hydrogen-bond acceptors (Lipinski definition) is 5. The minimum absolute atomic E-state index is 0.295. The number of carbonyl (C=O) groups excluding carboxylic acids is 1. The number of hydrogen-bond donors (Lipinski definition) is 0. The lowest BCUT2D eigenvalue weighted by molar-refractivity contribution is -0.120. The van der Waals surface area contributed by atoms with Gasteiger partial charge in [0.15, 0.2) is 17.1 Å². The van der Waals surface area contributed by atoms with E-state index in [1.165, 1.54) is 0 Å². The lowest BCUT2D eigenvalue weighted by atomic mass is 9.90. The predicted molar refractivity (Wildman–Crippen MR) is 98.6 cm³/mol. The second-order valence-electron chi connectivity index (χ2n) is 6.05. The van der Waals surface area contributed by atoms with E-state index in [1.54, 1.807) is 29.8 Å². The van der Waals surface area contributed by atoms with Gasteiger partial charge in [-0.25, -0.2) is 9.50 Å². The summed E-state index contributed by atoms with van der Waals surface area (Å²) in [6.45, 7) is 0.613. The smallest absolute Gasteiger partial charge is 0.210 e. The van der Waals surface area contributed by atoms with Crippen LogP contribution in [0.4, 0.5) is 0 Å². The van der Waals surface area contributed by atoms with E-state index >= 15 is 0 Å². The Hall–Kier alpha value is -2.61. The molecule has 3 aromatic rings. The standard InChI is InChI=1S/C18H17BrN4O3/c1-25-15-5-11-3-4-22(10-24)18(13(11)6-16(15)26-2)14-7-17-20-8-12(19)9-23(17)21-14/h5-10,18H,3-4H2,1-2H3. The molecule has 1 aliphatic rings. The Kier molecular flexibility index (Phi) is 4.28. The van der Waals surface area contributed by atoms with Crippen LogP contribution in [0.15, 0.2) is 35.1 Å². The van der Waals surface area contributed by atoms with Gasteiger partial charge < -0.3 is 14.4 Å². The molecule has 4 rings (SSSR count). The van der Waals surface area contributed by atoms with E-state index in [0.717, 1.165) is 39.8 Å². The zero-order chi connectivity index (χ0) is 18.3. The zero-order valence-electron chi connectivity index (χ0n) is 14.3. The monoisotopic (exact) mass is 416 g/mol. The molecule has 1 aromatic carbocycles. The molecule has 26 heavy (non-hydrogen) atoms. The molecule has 0 bridgehead atoms. The van der Waals surface area contributed by atoms with Crippen LogP contribution in [0.5, 0.6) is 11.5 Å². The molecule has 2 aromatic heterocycles. The first-order valence-corrected chi connectivity index (χ1v) is 8.90. The minimum atomic E-state index is -0.295. The second kappa shape index (κ2) is 6.60. The van der Waals surface area contributed by atoms with Crippen molar-refractivity contribution in [1.82, 2.24) is 19.5 Å². The SMILES string of the molecule is COc1cc2c(cc1OC)C(c1cc3ncc(Br)cn3n1)N(C=O)CC2. The molecule has 0 aliphatic carbocycles. The maximum absolute atomic E-state index is 11.7. The van der Waals surface area contributed by atoms with Crippen LogP contribution >= 0.6 is 15.9 Å². The van der Waals surface area contributed by atoms with Crippen molar-refractivity contribution in [2.75, 3.05) is 20.8 Å². The van der Waals surface area contributed by atoms with Crippen molar-refractivity contribution in [2.45, 2.75) is 12.5 Å². The summed E-state index contributed by atoms with van der Waals surface area (Å²) in [5.74, 6) is 1.32. The van der Waals surface area contributed by atoms with Crippen LogP contribution in [-0.2, 0) is 11.2 Å². The van der Waals surface area contributed by atoms with Gasteiger partial charge in [0.2, 0.25) is 6.41 Å². The first kappa shape index (κ1) is 16.8. The van der Waals surface area contributed by atoms with Crippen molar-refractivity contribution in [2.24, 2.45) is 0 Å². The number of methoxy groups -OCH3 is 2. The molecular weight excluding hydrogens is 400 g/mol. The molecule has 7 nitrogen and oxygen atoms in total. The van der Waals surface area contributed by atoms with Crippen LogP contribution in [0.1, 0.15) is 22.9 Å². The quantitative estimate of drug-likeness (QED) is 0.611. The first-order valence-electron chi connectivity index (χ1n) is 8.11. The van der Waals surface area contributed by atoms with Crippen LogP contribution in [0.25, 0.3) is 5.65 Å². The lowest BCUT2D eigenvalue weighted by Crippen LogP contribution is -2.35. The average Bonchev–Trinajstić information content (AvgIpc) is 3.08. The van der Waals surface area contributed by atoms with Gasteiger partial charge in [0, 0.05) is 25.0 Å². The number of benzene rings is 1. The van der Waals surface area contributed by atoms with Gasteiger partial charge in [-0.15, -0.1) is 0 Å². The number of ether oxygens (including phenoxy) is 2. The van der Waals surface area contributed by atoms with Gasteiger partial charge in [0.25, 0.3) is 0 Å². The largest absolute Gasteiger partial charge is 0.493 e. The number of halogens is 1. The Labute approximate surface area is 158 Å². The maximum atomic E-state index is 11.7. The maximum Gasteiger partial charge on any atom is 0.210 e. The lowest BCUT2D eigenvalue weighted by Gasteiger charge is -2.34. The van der Waals surface area contributed by atoms with E-state index in [0.29, 0.717) is 18.0 Å². The number of amides is 1. The molecular formula is C18H17BrN4O3. The topological polar surface area (TPSA) is 69.0 Å². The van der Waals surface area contributed by atoms with Gasteiger partial charge in [-0.3, -0.25) is 4.79 Å². The summed E-state index contributed by atoms with van der Waals surface area (Å²) in [6, 6.07) is 5.52. The van der Waals surface area contributed by atoms with Crippen molar-refractivity contribution in [3.05, 3.63) is 51.9 Å². The third-order valence-electron chi connectivity index (χ3n) is 4.63. The predicted octanol–water partition coefficient (Wildman–Crippen LogP) is 2.61. The molecule has 0 saturated heterocycles. The van der Waals surface area contributed by atoms with E-state index in [1.807, 2.05) is 24.4 Å². The van der Waals surface area contributed by atoms with E-state index in [4.69, 9.17) is 9.47 Å². The molecule has 1 atom stereocenters. The highest BCUT2D eigenvalue weighted by molar-refractivity contribution is 9.10. The molecule has 134 valence electrons. The summed E-state index contributed by atoms with van der Waals surface area (Å²) in [4.78, 5) is 17.8. The summed E-state index contributed by atoms with van der Waals surface area (Å²) in [5, 5.41) is 4.64. The van der Waals surface area contributed by atoms with Gasteiger partial charge in [-0.2, -0.15) is 5.10 Å². The normalized spacial score (nSPS) is 16.4. The summed E-state index contributed by atoms with van der Waals surface area (Å²) in [5.41, 5.74) is 3.60. The van der Waals surface area contributed by atoms with Crippen LogP contribution in [0, 0.1) is 0 Å². The Bertz CT molecular complexity index is 988. The Balaban J connectivity index is 1.89. The fraction of sp³-hybridized carbons (Fsp3) is 0.278. The van der Waals surface area contributed by atoms with Crippen molar-refractivity contribution in [3.8, 4) is 11.5 Å². The molecule has 1 amide bonds. The molecule has 0 saturated carbocycles. The van der Waals surface area contributed by atoms with Crippen LogP contribution in [-0.4, -0.2) is 46.7 Å². The number of aromatic nitrogens is 3. The zero-order valence-corrected chi connectivity index (χ0v) is 15.9. The van der Waals surface area contributed by atoms with Gasteiger partial charge in [-0.05, 0) is 45.6 Å². The fourth-order valence-electron chi connectivity index (χ4n) is 3.41.